The Morgan fingerprint density at radius 2 is 1.41 bits per heavy atom. The molecule has 0 heterocycles. The Labute approximate surface area is 172 Å². The molecule has 2 atom stereocenters. The second-order valence-electron chi connectivity index (χ2n) is 8.65. The molecule has 0 aliphatic heterocycles. The van der Waals surface area contributed by atoms with E-state index in [2.05, 4.69) is 10.6 Å². The summed E-state index contributed by atoms with van der Waals surface area (Å²) in [5.41, 5.74) is -0.683. The van der Waals surface area contributed by atoms with Gasteiger partial charge in [-0.25, -0.2) is 14.4 Å². The molecule has 0 aliphatic carbocycles. The smallest absolute Gasteiger partial charge is 0.408 e. The van der Waals surface area contributed by atoms with Gasteiger partial charge in [0.05, 0.1) is 6.04 Å². The van der Waals surface area contributed by atoms with Crippen molar-refractivity contribution >= 4 is 18.2 Å². The van der Waals surface area contributed by atoms with Gasteiger partial charge in [0.2, 0.25) is 0 Å². The number of esters is 1. The monoisotopic (exact) mass is 408 g/mol. The first kappa shape index (κ1) is 24.3. The van der Waals surface area contributed by atoms with Gasteiger partial charge in [0, 0.05) is 0 Å². The molecule has 0 spiro atoms. The lowest BCUT2D eigenvalue weighted by Crippen LogP contribution is -2.56. The minimum absolute atomic E-state index is 0.0794. The van der Waals surface area contributed by atoms with E-state index >= 15 is 0 Å². The van der Waals surface area contributed by atoms with Crippen molar-refractivity contribution in [3.63, 3.8) is 0 Å². The van der Waals surface area contributed by atoms with Gasteiger partial charge in [0.15, 0.2) is 0 Å². The summed E-state index contributed by atoms with van der Waals surface area (Å²) in [6.07, 6.45) is -1.51. The average molecular weight is 408 g/mol. The van der Waals surface area contributed by atoms with Crippen molar-refractivity contribution in [1.29, 1.82) is 0 Å². The summed E-state index contributed by atoms with van der Waals surface area (Å²) < 4.78 is 15.7. The summed E-state index contributed by atoms with van der Waals surface area (Å²) in [4.78, 5) is 36.9. The number of alkyl carbamates (subject to hydrolysis) is 2. The van der Waals surface area contributed by atoms with Crippen LogP contribution < -0.4 is 10.6 Å². The summed E-state index contributed by atoms with van der Waals surface area (Å²) in [5.74, 6) is -0.695. The summed E-state index contributed by atoms with van der Waals surface area (Å²) in [6.45, 7) is 11.9. The van der Waals surface area contributed by atoms with Gasteiger partial charge >= 0.3 is 18.2 Å². The van der Waals surface area contributed by atoms with Crippen molar-refractivity contribution in [2.75, 3.05) is 0 Å². The fraction of sp³-hybridized carbons (Fsp3) is 0.571. The van der Waals surface area contributed by atoms with E-state index in [0.717, 1.165) is 5.56 Å². The van der Waals surface area contributed by atoms with Crippen LogP contribution in [0.5, 0.6) is 0 Å². The lowest BCUT2D eigenvalue weighted by molar-refractivity contribution is -0.158. The molecule has 0 saturated carbocycles. The summed E-state index contributed by atoms with van der Waals surface area (Å²) in [6, 6.07) is 7.22. The van der Waals surface area contributed by atoms with Crippen LogP contribution in [0, 0.1) is 0 Å². The van der Waals surface area contributed by atoms with Gasteiger partial charge < -0.3 is 24.8 Å². The zero-order valence-corrected chi connectivity index (χ0v) is 18.2. The number of nitrogens with one attached hydrogen (secondary N) is 2. The van der Waals surface area contributed by atoms with Crippen LogP contribution in [0.3, 0.4) is 0 Å². The van der Waals surface area contributed by atoms with Crippen molar-refractivity contribution in [3.05, 3.63) is 35.9 Å². The molecular formula is C21H32N2O6. The molecule has 2 amide bonds. The van der Waals surface area contributed by atoms with Gasteiger partial charge in [-0.15, -0.1) is 0 Å². The fourth-order valence-electron chi connectivity index (χ4n) is 2.22. The number of ether oxygens (including phenoxy) is 3. The minimum Gasteiger partial charge on any atom is -0.458 e. The fourth-order valence-corrected chi connectivity index (χ4v) is 2.22. The number of rotatable bonds is 6. The zero-order valence-electron chi connectivity index (χ0n) is 18.2. The third-order valence-electron chi connectivity index (χ3n) is 3.39. The maximum atomic E-state index is 12.6. The van der Waals surface area contributed by atoms with E-state index in [4.69, 9.17) is 14.2 Å². The molecule has 8 heteroatoms. The highest BCUT2D eigenvalue weighted by atomic mass is 16.6. The van der Waals surface area contributed by atoms with Crippen molar-refractivity contribution in [1.82, 2.24) is 10.6 Å². The topological polar surface area (TPSA) is 103 Å². The average Bonchev–Trinajstić information content (AvgIpc) is 2.55. The molecule has 0 fully saturated rings. The van der Waals surface area contributed by atoms with Crippen molar-refractivity contribution < 1.29 is 28.6 Å². The maximum Gasteiger partial charge on any atom is 0.408 e. The molecule has 0 aromatic heterocycles. The van der Waals surface area contributed by atoms with E-state index in [1.54, 1.807) is 48.5 Å². The third-order valence-corrected chi connectivity index (χ3v) is 3.39. The molecule has 8 nitrogen and oxygen atoms in total. The molecule has 0 unspecified atom stereocenters. The van der Waals surface area contributed by atoms with Crippen LogP contribution in [-0.4, -0.2) is 41.4 Å². The highest BCUT2D eigenvalue weighted by Crippen LogP contribution is 2.12. The Morgan fingerprint density at radius 3 is 1.93 bits per heavy atom. The van der Waals surface area contributed by atoms with E-state index in [1.165, 1.54) is 0 Å². The van der Waals surface area contributed by atoms with Crippen LogP contribution in [0.25, 0.3) is 0 Å². The molecule has 1 aromatic rings. The number of hydrogen-bond acceptors (Lipinski definition) is 6. The summed E-state index contributed by atoms with van der Waals surface area (Å²) in [5, 5.41) is 5.02. The zero-order chi connectivity index (χ0) is 22.2. The molecule has 0 radical (unpaired) electrons. The van der Waals surface area contributed by atoms with Gasteiger partial charge in [-0.1, -0.05) is 30.3 Å². The van der Waals surface area contributed by atoms with Crippen LogP contribution >= 0.6 is 0 Å². The van der Waals surface area contributed by atoms with E-state index < -0.39 is 41.4 Å². The SMILES string of the molecule is C[C@@H](NC(=O)OCc1ccccc1)[C@@H](NC(=O)OC(C)(C)C)C(=O)OC(C)(C)C. The Hall–Kier alpha value is -2.77. The van der Waals surface area contributed by atoms with Gasteiger partial charge in [-0.2, -0.15) is 0 Å². The van der Waals surface area contributed by atoms with E-state index in [9.17, 15) is 14.4 Å². The molecule has 0 bridgehead atoms. The highest BCUT2D eigenvalue weighted by Gasteiger charge is 2.33. The minimum atomic E-state index is -1.16. The van der Waals surface area contributed by atoms with Crippen molar-refractivity contribution in [2.24, 2.45) is 0 Å². The molecule has 1 rings (SSSR count). The Bertz CT molecular complexity index is 691. The van der Waals surface area contributed by atoms with Gasteiger partial charge in [0.25, 0.3) is 0 Å². The number of amides is 2. The van der Waals surface area contributed by atoms with E-state index in [1.807, 2.05) is 30.3 Å². The highest BCUT2D eigenvalue weighted by molar-refractivity contribution is 5.83. The maximum absolute atomic E-state index is 12.6. The number of carbonyl (C=O) groups is 3. The van der Waals surface area contributed by atoms with Crippen LogP contribution in [0.4, 0.5) is 9.59 Å². The second-order valence-corrected chi connectivity index (χ2v) is 8.65. The first-order valence-electron chi connectivity index (χ1n) is 9.46. The van der Waals surface area contributed by atoms with Crippen LogP contribution in [0.15, 0.2) is 30.3 Å². The first-order chi connectivity index (χ1) is 13.3. The lowest BCUT2D eigenvalue weighted by Gasteiger charge is -2.29. The van der Waals surface area contributed by atoms with Crippen molar-refractivity contribution in [3.8, 4) is 0 Å². The van der Waals surface area contributed by atoms with E-state index in [0.29, 0.717) is 0 Å². The van der Waals surface area contributed by atoms with Crippen LogP contribution in [0.2, 0.25) is 0 Å². The van der Waals surface area contributed by atoms with Gasteiger partial charge in [-0.3, -0.25) is 0 Å². The predicted octanol–water partition coefficient (Wildman–Crippen LogP) is 3.54. The number of benzene rings is 1. The number of hydrogen-bond donors (Lipinski definition) is 2. The quantitative estimate of drug-likeness (QED) is 0.551. The molecule has 0 aliphatic rings. The third kappa shape index (κ3) is 10.4. The molecule has 162 valence electrons. The van der Waals surface area contributed by atoms with Gasteiger partial charge in [0.1, 0.15) is 23.9 Å². The Morgan fingerprint density at radius 1 is 0.862 bits per heavy atom. The van der Waals surface area contributed by atoms with Crippen LogP contribution in [-0.2, 0) is 25.6 Å². The molecule has 2 N–H and O–H groups in total. The predicted molar refractivity (Wildman–Crippen MR) is 108 cm³/mol. The molecule has 1 aromatic carbocycles. The molecule has 29 heavy (non-hydrogen) atoms. The van der Waals surface area contributed by atoms with Crippen LogP contribution in [0.1, 0.15) is 54.0 Å². The standard InChI is InChI=1S/C21H32N2O6/c1-14(22-18(25)27-13-15-11-9-8-10-12-15)16(17(24)28-20(2,3)4)23-19(26)29-21(5,6)7/h8-12,14,16H,13H2,1-7H3,(H,22,25)(H,23,26)/t14-,16-/m1/s1. The largest absolute Gasteiger partial charge is 0.458 e. The number of carbonyl (C=O) groups excluding carboxylic acids is 3. The normalized spacial score (nSPS) is 13.6. The Kier molecular flexibility index (Phi) is 8.48. The first-order valence-corrected chi connectivity index (χ1v) is 9.46. The summed E-state index contributed by atoms with van der Waals surface area (Å²) >= 11 is 0. The van der Waals surface area contributed by atoms with E-state index in [-0.39, 0.29) is 6.61 Å². The van der Waals surface area contributed by atoms with Crippen molar-refractivity contribution in [2.45, 2.75) is 78.4 Å². The second kappa shape index (κ2) is 10.1. The molecular weight excluding hydrogens is 376 g/mol. The molecule has 0 saturated heterocycles. The summed E-state index contributed by atoms with van der Waals surface area (Å²) in [7, 11) is 0. The lowest BCUT2D eigenvalue weighted by atomic mass is 10.1. The Balaban J connectivity index is 2.77. The van der Waals surface area contributed by atoms with Gasteiger partial charge in [-0.05, 0) is 54.0 Å².